The number of nitrogens with one attached hydrogen (secondary N) is 1. The van der Waals surface area contributed by atoms with Crippen LogP contribution in [0.5, 0.6) is 0 Å². The molecule has 0 aliphatic rings. The lowest BCUT2D eigenvalue weighted by Gasteiger charge is -2.14. The van der Waals surface area contributed by atoms with Crippen LogP contribution in [-0.2, 0) is 10.0 Å². The lowest BCUT2D eigenvalue weighted by Crippen LogP contribution is -2.27. The molecular formula is C12H12BrFN2O2S2. The molecule has 3 N–H and O–H groups in total. The van der Waals surface area contributed by atoms with E-state index >= 15 is 0 Å². The number of nitrogens with two attached hydrogens (primary N) is 1. The molecule has 0 saturated heterocycles. The molecule has 4 nitrogen and oxygen atoms in total. The zero-order valence-corrected chi connectivity index (χ0v) is 13.6. The van der Waals surface area contributed by atoms with Gasteiger partial charge in [0.25, 0.3) is 0 Å². The van der Waals surface area contributed by atoms with Crippen molar-refractivity contribution in [1.29, 1.82) is 0 Å². The maximum atomic E-state index is 14.0. The molecule has 0 saturated carbocycles. The Bertz CT molecular complexity index is 717. The van der Waals surface area contributed by atoms with Crippen LogP contribution < -0.4 is 10.5 Å². The van der Waals surface area contributed by atoms with Crippen LogP contribution in [0.2, 0.25) is 0 Å². The number of thiophene rings is 1. The van der Waals surface area contributed by atoms with Crippen molar-refractivity contribution < 1.29 is 12.8 Å². The Labute approximate surface area is 129 Å². The van der Waals surface area contributed by atoms with Gasteiger partial charge in [-0.1, -0.05) is 6.07 Å². The normalized spacial score (nSPS) is 13.3. The minimum absolute atomic E-state index is 0.0154. The fraction of sp³-hybridized carbons (Fsp3) is 0.167. The number of anilines is 1. The van der Waals surface area contributed by atoms with Gasteiger partial charge in [-0.15, -0.1) is 11.3 Å². The van der Waals surface area contributed by atoms with E-state index in [2.05, 4.69) is 20.7 Å². The van der Waals surface area contributed by atoms with Crippen LogP contribution in [0.4, 0.5) is 10.1 Å². The quantitative estimate of drug-likeness (QED) is 0.801. The second-order valence-corrected chi connectivity index (χ2v) is 7.69. The topological polar surface area (TPSA) is 72.2 Å². The van der Waals surface area contributed by atoms with Crippen molar-refractivity contribution in [2.75, 3.05) is 5.73 Å². The second kappa shape index (κ2) is 5.80. The van der Waals surface area contributed by atoms with E-state index in [1.807, 2.05) is 17.5 Å². The molecule has 1 aromatic carbocycles. The zero-order chi connectivity index (χ0) is 14.9. The van der Waals surface area contributed by atoms with Gasteiger partial charge in [-0.3, -0.25) is 0 Å². The maximum absolute atomic E-state index is 14.0. The van der Waals surface area contributed by atoms with Crippen molar-refractivity contribution in [3.8, 4) is 0 Å². The fourth-order valence-electron chi connectivity index (χ4n) is 1.67. The average Bonchev–Trinajstić information content (AvgIpc) is 2.86. The van der Waals surface area contributed by atoms with Gasteiger partial charge in [0.05, 0.1) is 10.5 Å². The van der Waals surface area contributed by atoms with Crippen LogP contribution in [-0.4, -0.2) is 8.42 Å². The minimum Gasteiger partial charge on any atom is -0.399 e. The van der Waals surface area contributed by atoms with E-state index in [0.717, 1.165) is 10.9 Å². The summed E-state index contributed by atoms with van der Waals surface area (Å²) in [6.07, 6.45) is 0. The van der Waals surface area contributed by atoms with Gasteiger partial charge in [-0.05, 0) is 46.4 Å². The number of halogens is 2. The molecule has 1 heterocycles. The van der Waals surface area contributed by atoms with Gasteiger partial charge < -0.3 is 5.73 Å². The molecular weight excluding hydrogens is 367 g/mol. The molecule has 0 aliphatic heterocycles. The second-order valence-electron chi connectivity index (χ2n) is 4.17. The lowest BCUT2D eigenvalue weighted by molar-refractivity contribution is 0.546. The van der Waals surface area contributed by atoms with Crippen LogP contribution in [0.1, 0.15) is 17.8 Å². The third-order valence-corrected chi connectivity index (χ3v) is 5.78. The predicted octanol–water partition coefficient (Wildman–Crippen LogP) is 3.27. The summed E-state index contributed by atoms with van der Waals surface area (Å²) >= 11 is 4.37. The molecule has 1 aromatic heterocycles. The Balaban J connectivity index is 2.36. The molecule has 2 aromatic rings. The summed E-state index contributed by atoms with van der Waals surface area (Å²) in [6, 6.07) is 5.60. The van der Waals surface area contributed by atoms with Crippen molar-refractivity contribution in [2.45, 2.75) is 17.9 Å². The maximum Gasteiger partial charge on any atom is 0.244 e. The van der Waals surface area contributed by atoms with Crippen LogP contribution >= 0.6 is 27.3 Å². The lowest BCUT2D eigenvalue weighted by atomic mass is 10.3. The molecule has 1 atom stereocenters. The Kier molecular flexibility index (Phi) is 4.48. The van der Waals surface area contributed by atoms with Gasteiger partial charge in [0.1, 0.15) is 4.90 Å². The SMILES string of the molecule is CC(NS(=O)(=O)c1cc(N)cc(Br)c1F)c1cccs1. The van der Waals surface area contributed by atoms with Crippen molar-refractivity contribution in [2.24, 2.45) is 0 Å². The third kappa shape index (κ3) is 3.20. The van der Waals surface area contributed by atoms with E-state index in [9.17, 15) is 12.8 Å². The van der Waals surface area contributed by atoms with Crippen LogP contribution in [0, 0.1) is 5.82 Å². The smallest absolute Gasteiger partial charge is 0.244 e. The van der Waals surface area contributed by atoms with Gasteiger partial charge >= 0.3 is 0 Å². The number of sulfonamides is 1. The summed E-state index contributed by atoms with van der Waals surface area (Å²) in [5.41, 5.74) is 5.73. The van der Waals surface area contributed by atoms with E-state index in [1.54, 1.807) is 6.92 Å². The summed E-state index contributed by atoms with van der Waals surface area (Å²) in [5.74, 6) is -0.856. The molecule has 108 valence electrons. The van der Waals surface area contributed by atoms with Crippen LogP contribution in [0.3, 0.4) is 0 Å². The molecule has 0 aliphatic carbocycles. The summed E-state index contributed by atoms with van der Waals surface area (Å²) < 4.78 is 40.9. The van der Waals surface area contributed by atoms with Crippen LogP contribution in [0.25, 0.3) is 0 Å². The van der Waals surface area contributed by atoms with Crippen molar-refractivity contribution in [3.05, 3.63) is 44.8 Å². The van der Waals surface area contributed by atoms with Gasteiger partial charge in [-0.2, -0.15) is 0 Å². The monoisotopic (exact) mass is 378 g/mol. The van der Waals surface area contributed by atoms with Crippen molar-refractivity contribution in [1.82, 2.24) is 4.72 Å². The Hall–Kier alpha value is -0.960. The average molecular weight is 379 g/mol. The fourth-order valence-corrected chi connectivity index (χ4v) is 4.45. The number of rotatable bonds is 4. The minimum atomic E-state index is -3.99. The van der Waals surface area contributed by atoms with E-state index in [0.29, 0.717) is 0 Å². The molecule has 0 spiro atoms. The summed E-state index contributed by atoms with van der Waals surface area (Å²) in [5, 5.41) is 1.85. The van der Waals surface area contributed by atoms with E-state index in [1.165, 1.54) is 17.4 Å². The van der Waals surface area contributed by atoms with Crippen molar-refractivity contribution in [3.63, 3.8) is 0 Å². The molecule has 2 rings (SSSR count). The van der Waals surface area contributed by atoms with Crippen LogP contribution in [0.15, 0.2) is 39.0 Å². The first-order chi connectivity index (χ1) is 9.31. The number of nitrogen functional groups attached to an aromatic ring is 1. The highest BCUT2D eigenvalue weighted by atomic mass is 79.9. The highest BCUT2D eigenvalue weighted by molar-refractivity contribution is 9.10. The predicted molar refractivity (Wildman–Crippen MR) is 81.6 cm³/mol. The molecule has 0 amide bonds. The summed E-state index contributed by atoms with van der Waals surface area (Å²) in [6.45, 7) is 1.70. The number of hydrogen-bond acceptors (Lipinski definition) is 4. The van der Waals surface area contributed by atoms with Crippen molar-refractivity contribution >= 4 is 43.0 Å². The summed E-state index contributed by atoms with van der Waals surface area (Å²) in [7, 11) is -3.99. The largest absolute Gasteiger partial charge is 0.399 e. The molecule has 0 radical (unpaired) electrons. The first-order valence-corrected chi connectivity index (χ1v) is 8.77. The number of benzene rings is 1. The van der Waals surface area contributed by atoms with E-state index < -0.39 is 26.8 Å². The first kappa shape index (κ1) is 15.4. The highest BCUT2D eigenvalue weighted by Gasteiger charge is 2.24. The number of hydrogen-bond donors (Lipinski definition) is 2. The third-order valence-electron chi connectivity index (χ3n) is 2.61. The van der Waals surface area contributed by atoms with E-state index in [4.69, 9.17) is 5.73 Å². The van der Waals surface area contributed by atoms with Gasteiger partial charge in [0.2, 0.25) is 10.0 Å². The molecule has 1 unspecified atom stereocenters. The van der Waals surface area contributed by atoms with Gasteiger partial charge in [0.15, 0.2) is 5.82 Å². The highest BCUT2D eigenvalue weighted by Crippen LogP contribution is 2.27. The standard InChI is InChI=1S/C12H12BrFN2O2S2/c1-7(10-3-2-4-19-10)16-20(17,18)11-6-8(15)5-9(13)12(11)14/h2-7,16H,15H2,1H3. The molecule has 0 bridgehead atoms. The Morgan fingerprint density at radius 3 is 2.75 bits per heavy atom. The Morgan fingerprint density at radius 2 is 2.15 bits per heavy atom. The van der Waals surface area contributed by atoms with E-state index in [-0.39, 0.29) is 10.2 Å². The summed E-state index contributed by atoms with van der Waals surface area (Å²) in [4.78, 5) is 0.379. The van der Waals surface area contributed by atoms with Gasteiger partial charge in [-0.25, -0.2) is 17.5 Å². The van der Waals surface area contributed by atoms with Gasteiger partial charge in [0, 0.05) is 10.6 Å². The zero-order valence-electron chi connectivity index (χ0n) is 10.4. The molecule has 8 heteroatoms. The molecule has 20 heavy (non-hydrogen) atoms. The molecule has 0 fully saturated rings. The Morgan fingerprint density at radius 1 is 1.45 bits per heavy atom. The first-order valence-electron chi connectivity index (χ1n) is 5.61.